The maximum absolute atomic E-state index is 5.98. The maximum atomic E-state index is 5.98. The highest BCUT2D eigenvalue weighted by molar-refractivity contribution is 5.46. The number of hydrogen-bond acceptors (Lipinski definition) is 2. The second-order valence-electron chi connectivity index (χ2n) is 5.02. The Hall–Kier alpha value is -1.02. The van der Waals surface area contributed by atoms with Crippen LogP contribution in [0.4, 0.5) is 5.69 Å². The van der Waals surface area contributed by atoms with E-state index in [4.69, 9.17) is 5.73 Å². The Kier molecular flexibility index (Phi) is 4.43. The first kappa shape index (κ1) is 12.4. The second kappa shape index (κ2) is 6.06. The first-order chi connectivity index (χ1) is 8.31. The number of likely N-dealkylation sites (N-methyl/N-ethyl adjacent to an activating group) is 1. The van der Waals surface area contributed by atoms with E-state index in [0.717, 1.165) is 31.2 Å². The predicted molar refractivity (Wildman–Crippen MR) is 74.1 cm³/mol. The van der Waals surface area contributed by atoms with E-state index in [1.165, 1.54) is 31.2 Å². The van der Waals surface area contributed by atoms with Gasteiger partial charge < -0.3 is 10.6 Å². The molecular formula is C15H24N2. The number of para-hydroxylation sites is 1. The topological polar surface area (TPSA) is 29.3 Å². The van der Waals surface area contributed by atoms with Crippen molar-refractivity contribution in [3.05, 3.63) is 29.8 Å². The molecule has 94 valence electrons. The van der Waals surface area contributed by atoms with Gasteiger partial charge in [-0.3, -0.25) is 0 Å². The summed E-state index contributed by atoms with van der Waals surface area (Å²) >= 11 is 0. The van der Waals surface area contributed by atoms with E-state index in [9.17, 15) is 0 Å². The third kappa shape index (κ3) is 3.22. The smallest absolute Gasteiger partial charge is 0.0347 e. The van der Waals surface area contributed by atoms with Crippen molar-refractivity contribution in [2.24, 2.45) is 0 Å². The molecule has 0 aliphatic heterocycles. The molecule has 17 heavy (non-hydrogen) atoms. The zero-order chi connectivity index (χ0) is 12.1. The van der Waals surface area contributed by atoms with E-state index in [1.807, 2.05) is 12.1 Å². The summed E-state index contributed by atoms with van der Waals surface area (Å²) in [6.07, 6.45) is 6.68. The van der Waals surface area contributed by atoms with Crippen molar-refractivity contribution in [3.8, 4) is 0 Å². The highest BCUT2D eigenvalue weighted by Gasteiger charge is 2.20. The fourth-order valence-electron chi connectivity index (χ4n) is 2.89. The molecule has 0 aromatic heterocycles. The van der Waals surface area contributed by atoms with Gasteiger partial charge in [0.2, 0.25) is 0 Å². The summed E-state index contributed by atoms with van der Waals surface area (Å²) < 4.78 is 0. The van der Waals surface area contributed by atoms with Crippen LogP contribution in [0.3, 0.4) is 0 Å². The van der Waals surface area contributed by atoms with Crippen molar-refractivity contribution in [1.29, 1.82) is 0 Å². The van der Waals surface area contributed by atoms with Gasteiger partial charge in [0.15, 0.2) is 0 Å². The molecule has 0 saturated heterocycles. The van der Waals surface area contributed by atoms with Gasteiger partial charge in [-0.1, -0.05) is 38.0 Å². The Balaban J connectivity index is 1.89. The summed E-state index contributed by atoms with van der Waals surface area (Å²) in [7, 11) is 0. The van der Waals surface area contributed by atoms with Gasteiger partial charge in [-0.15, -0.1) is 0 Å². The normalized spacial score (nSPS) is 16.8. The van der Waals surface area contributed by atoms with Gasteiger partial charge in [-0.25, -0.2) is 0 Å². The molecular weight excluding hydrogens is 208 g/mol. The van der Waals surface area contributed by atoms with E-state index >= 15 is 0 Å². The van der Waals surface area contributed by atoms with Crippen LogP contribution in [0.5, 0.6) is 0 Å². The van der Waals surface area contributed by atoms with Crippen LogP contribution in [-0.2, 0) is 6.42 Å². The third-order valence-corrected chi connectivity index (χ3v) is 3.97. The Labute approximate surface area is 105 Å². The molecule has 2 nitrogen and oxygen atoms in total. The SMILES string of the molecule is CCN(CCc1ccccc1N)C1CCCC1. The first-order valence-corrected chi connectivity index (χ1v) is 6.88. The summed E-state index contributed by atoms with van der Waals surface area (Å²) in [5, 5.41) is 0. The molecule has 1 aliphatic rings. The van der Waals surface area contributed by atoms with Crippen LogP contribution in [0.15, 0.2) is 24.3 Å². The van der Waals surface area contributed by atoms with Crippen LogP contribution < -0.4 is 5.73 Å². The van der Waals surface area contributed by atoms with Crippen molar-refractivity contribution in [2.75, 3.05) is 18.8 Å². The summed E-state index contributed by atoms with van der Waals surface area (Å²) in [4.78, 5) is 2.62. The maximum Gasteiger partial charge on any atom is 0.0347 e. The monoisotopic (exact) mass is 232 g/mol. The van der Waals surface area contributed by atoms with E-state index < -0.39 is 0 Å². The molecule has 0 spiro atoms. The van der Waals surface area contributed by atoms with Gasteiger partial charge >= 0.3 is 0 Å². The Morgan fingerprint density at radius 3 is 2.59 bits per heavy atom. The number of benzene rings is 1. The molecule has 1 aliphatic carbocycles. The molecule has 0 heterocycles. The highest BCUT2D eigenvalue weighted by atomic mass is 15.1. The molecule has 2 heteroatoms. The molecule has 0 atom stereocenters. The van der Waals surface area contributed by atoms with Crippen molar-refractivity contribution >= 4 is 5.69 Å². The van der Waals surface area contributed by atoms with Gasteiger partial charge in [0.1, 0.15) is 0 Å². The first-order valence-electron chi connectivity index (χ1n) is 6.88. The highest BCUT2D eigenvalue weighted by Crippen LogP contribution is 2.23. The molecule has 1 aromatic rings. The van der Waals surface area contributed by atoms with Crippen LogP contribution in [-0.4, -0.2) is 24.0 Å². The molecule has 2 N–H and O–H groups in total. The van der Waals surface area contributed by atoms with Gasteiger partial charge in [-0.2, -0.15) is 0 Å². The predicted octanol–water partition coefficient (Wildman–Crippen LogP) is 3.08. The minimum absolute atomic E-state index is 0.824. The molecule has 0 bridgehead atoms. The van der Waals surface area contributed by atoms with Crippen LogP contribution in [0.25, 0.3) is 0 Å². The van der Waals surface area contributed by atoms with E-state index in [0.29, 0.717) is 0 Å². The number of hydrogen-bond donors (Lipinski definition) is 1. The van der Waals surface area contributed by atoms with Crippen molar-refractivity contribution in [2.45, 2.75) is 45.1 Å². The molecule has 1 saturated carbocycles. The third-order valence-electron chi connectivity index (χ3n) is 3.97. The van der Waals surface area contributed by atoms with Crippen LogP contribution >= 0.6 is 0 Å². The largest absolute Gasteiger partial charge is 0.399 e. The summed E-state index contributed by atoms with van der Waals surface area (Å²) in [6.45, 7) is 4.58. The molecule has 0 amide bonds. The zero-order valence-corrected chi connectivity index (χ0v) is 10.9. The minimum atomic E-state index is 0.824. The van der Waals surface area contributed by atoms with Gasteiger partial charge in [-0.05, 0) is 37.4 Å². The average Bonchev–Trinajstić information content (AvgIpc) is 2.86. The number of nitrogens with two attached hydrogens (primary N) is 1. The van der Waals surface area contributed by atoms with Crippen LogP contribution in [0, 0.1) is 0 Å². The zero-order valence-electron chi connectivity index (χ0n) is 10.9. The molecule has 2 rings (SSSR count). The van der Waals surface area contributed by atoms with Gasteiger partial charge in [0.05, 0.1) is 0 Å². The summed E-state index contributed by atoms with van der Waals surface area (Å²) in [5.41, 5.74) is 8.22. The number of rotatable bonds is 5. The lowest BCUT2D eigenvalue weighted by Crippen LogP contribution is -2.34. The number of nitrogens with zero attached hydrogens (tertiary/aromatic N) is 1. The summed E-state index contributed by atoms with van der Waals surface area (Å²) in [6, 6.07) is 9.06. The minimum Gasteiger partial charge on any atom is -0.399 e. The number of nitrogen functional groups attached to an aromatic ring is 1. The van der Waals surface area contributed by atoms with E-state index in [1.54, 1.807) is 0 Å². The Morgan fingerprint density at radius 2 is 1.94 bits per heavy atom. The lowest BCUT2D eigenvalue weighted by atomic mass is 10.1. The molecule has 1 fully saturated rings. The quantitative estimate of drug-likeness (QED) is 0.791. The van der Waals surface area contributed by atoms with E-state index in [-0.39, 0.29) is 0 Å². The van der Waals surface area contributed by atoms with Gasteiger partial charge in [0, 0.05) is 18.3 Å². The fourth-order valence-corrected chi connectivity index (χ4v) is 2.89. The lowest BCUT2D eigenvalue weighted by Gasteiger charge is -2.27. The van der Waals surface area contributed by atoms with E-state index in [2.05, 4.69) is 24.0 Å². The van der Waals surface area contributed by atoms with Crippen LogP contribution in [0.2, 0.25) is 0 Å². The second-order valence-corrected chi connectivity index (χ2v) is 5.02. The van der Waals surface area contributed by atoms with Crippen molar-refractivity contribution in [3.63, 3.8) is 0 Å². The molecule has 0 unspecified atom stereocenters. The fraction of sp³-hybridized carbons (Fsp3) is 0.600. The van der Waals surface area contributed by atoms with Crippen molar-refractivity contribution < 1.29 is 0 Å². The van der Waals surface area contributed by atoms with Crippen LogP contribution in [0.1, 0.15) is 38.2 Å². The average molecular weight is 232 g/mol. The van der Waals surface area contributed by atoms with Crippen molar-refractivity contribution in [1.82, 2.24) is 4.90 Å². The Bertz CT molecular complexity index is 343. The molecule has 0 radical (unpaired) electrons. The molecule has 1 aromatic carbocycles. The number of anilines is 1. The Morgan fingerprint density at radius 1 is 1.24 bits per heavy atom. The van der Waals surface area contributed by atoms with Gasteiger partial charge in [0.25, 0.3) is 0 Å². The summed E-state index contributed by atoms with van der Waals surface area (Å²) in [5.74, 6) is 0. The standard InChI is InChI=1S/C15H24N2/c1-2-17(14-8-4-5-9-14)12-11-13-7-3-6-10-15(13)16/h3,6-7,10,14H,2,4-5,8-9,11-12,16H2,1H3. The lowest BCUT2D eigenvalue weighted by molar-refractivity contribution is 0.211.